The van der Waals surface area contributed by atoms with Crippen LogP contribution in [0.1, 0.15) is 29.2 Å². The molecule has 2 N–H and O–H groups in total. The van der Waals surface area contributed by atoms with Gasteiger partial charge < -0.3 is 9.73 Å². The number of carbonyl (C=O) groups excluding carboxylic acids is 1. The van der Waals surface area contributed by atoms with E-state index in [-0.39, 0.29) is 23.3 Å². The maximum absolute atomic E-state index is 13.1. The van der Waals surface area contributed by atoms with Crippen LogP contribution in [0.25, 0.3) is 16.8 Å². The van der Waals surface area contributed by atoms with Crippen molar-refractivity contribution in [3.63, 3.8) is 0 Å². The number of para-hydroxylation sites is 1. The van der Waals surface area contributed by atoms with Gasteiger partial charge in [0.05, 0.1) is 17.3 Å². The second kappa shape index (κ2) is 6.26. The first-order valence-corrected chi connectivity index (χ1v) is 8.99. The van der Waals surface area contributed by atoms with Crippen LogP contribution >= 0.6 is 0 Å². The molecule has 1 atom stereocenters. The molecule has 0 saturated carbocycles. The second-order valence-corrected chi connectivity index (χ2v) is 6.86. The van der Waals surface area contributed by atoms with E-state index in [0.29, 0.717) is 33.9 Å². The number of H-pyrrole nitrogens is 1. The minimum Gasteiger partial charge on any atom is -0.464 e. The number of amides is 1. The second-order valence-electron chi connectivity index (χ2n) is 6.86. The molecule has 9 heteroatoms. The lowest BCUT2D eigenvalue weighted by Gasteiger charge is -2.23. The zero-order valence-electron chi connectivity index (χ0n) is 15.3. The van der Waals surface area contributed by atoms with Gasteiger partial charge in [-0.25, -0.2) is 5.10 Å². The molecule has 5 rings (SSSR count). The summed E-state index contributed by atoms with van der Waals surface area (Å²) in [5, 5.41) is 14.1. The van der Waals surface area contributed by atoms with Crippen LogP contribution in [0, 0.1) is 6.92 Å². The van der Waals surface area contributed by atoms with Gasteiger partial charge in [0.25, 0.3) is 5.56 Å². The van der Waals surface area contributed by atoms with Crippen molar-refractivity contribution >= 4 is 22.7 Å². The number of aromatic nitrogens is 4. The maximum Gasteiger partial charge on any atom is 0.264 e. The van der Waals surface area contributed by atoms with Gasteiger partial charge in [-0.15, -0.1) is 0 Å². The number of anilines is 1. The van der Waals surface area contributed by atoms with Gasteiger partial charge in [-0.2, -0.15) is 14.9 Å². The van der Waals surface area contributed by atoms with E-state index in [1.807, 2.05) is 0 Å². The molecule has 9 nitrogen and oxygen atoms in total. The van der Waals surface area contributed by atoms with E-state index in [4.69, 9.17) is 4.42 Å². The summed E-state index contributed by atoms with van der Waals surface area (Å²) in [5.74, 6) is 0.0213. The fourth-order valence-corrected chi connectivity index (χ4v) is 3.77. The highest BCUT2D eigenvalue weighted by Gasteiger charge is 2.34. The van der Waals surface area contributed by atoms with Crippen molar-refractivity contribution in [2.45, 2.75) is 19.3 Å². The van der Waals surface area contributed by atoms with Crippen LogP contribution in [0.4, 0.5) is 5.82 Å². The summed E-state index contributed by atoms with van der Waals surface area (Å²) < 4.78 is 7.11. The van der Waals surface area contributed by atoms with Crippen molar-refractivity contribution in [3.8, 4) is 5.82 Å². The maximum atomic E-state index is 13.1. The Bertz CT molecular complexity index is 1380. The van der Waals surface area contributed by atoms with Crippen molar-refractivity contribution < 1.29 is 9.21 Å². The number of aromatic amines is 1. The summed E-state index contributed by atoms with van der Waals surface area (Å²) in [7, 11) is 0. The summed E-state index contributed by atoms with van der Waals surface area (Å²) in [6.07, 6.45) is 1.52. The molecule has 144 valence electrons. The van der Waals surface area contributed by atoms with E-state index in [0.717, 1.165) is 5.56 Å². The highest BCUT2D eigenvalue weighted by molar-refractivity contribution is 5.95. The minimum absolute atomic E-state index is 0.0989. The van der Waals surface area contributed by atoms with E-state index in [1.165, 1.54) is 23.1 Å². The lowest BCUT2D eigenvalue weighted by atomic mass is 9.86. The van der Waals surface area contributed by atoms with Crippen molar-refractivity contribution in [2.75, 3.05) is 5.32 Å². The van der Waals surface area contributed by atoms with Crippen molar-refractivity contribution in [1.82, 2.24) is 20.0 Å². The Morgan fingerprint density at radius 2 is 1.97 bits per heavy atom. The van der Waals surface area contributed by atoms with Gasteiger partial charge in [-0.05, 0) is 25.1 Å². The molecule has 1 amide bonds. The Hall–Kier alpha value is -4.01. The summed E-state index contributed by atoms with van der Waals surface area (Å²) in [6.45, 7) is 1.80. The number of hydrogen-bond acceptors (Lipinski definition) is 6. The average Bonchev–Trinajstić information content (AvgIpc) is 3.05. The normalized spacial score (nSPS) is 15.9. The van der Waals surface area contributed by atoms with Gasteiger partial charge in [-0.3, -0.25) is 14.4 Å². The largest absolute Gasteiger partial charge is 0.464 e. The van der Waals surface area contributed by atoms with Crippen LogP contribution in [0.15, 0.2) is 56.7 Å². The third-order valence-corrected chi connectivity index (χ3v) is 5.07. The van der Waals surface area contributed by atoms with Crippen molar-refractivity contribution in [3.05, 3.63) is 80.1 Å². The SMILES string of the molecule is Cc1nn(-c2ccc(=O)[nH]n2)c2c1C(c1coc3ccccc3c1=O)CC(=O)N2. The highest BCUT2D eigenvalue weighted by atomic mass is 16.3. The predicted molar refractivity (Wildman–Crippen MR) is 104 cm³/mol. The zero-order chi connectivity index (χ0) is 20.1. The molecule has 4 aromatic rings. The lowest BCUT2D eigenvalue weighted by Crippen LogP contribution is -2.27. The highest BCUT2D eigenvalue weighted by Crippen LogP contribution is 2.39. The van der Waals surface area contributed by atoms with Crippen LogP contribution in [0.3, 0.4) is 0 Å². The van der Waals surface area contributed by atoms with Gasteiger partial charge in [-0.1, -0.05) is 12.1 Å². The minimum atomic E-state index is -0.504. The number of carbonyl (C=O) groups is 1. The van der Waals surface area contributed by atoms with E-state index >= 15 is 0 Å². The van der Waals surface area contributed by atoms with Gasteiger partial charge >= 0.3 is 0 Å². The summed E-state index contributed by atoms with van der Waals surface area (Å²) in [4.78, 5) is 36.9. The monoisotopic (exact) mass is 389 g/mol. The standard InChI is InChI=1S/C20H15N5O4/c1-10-18-12(13-9-29-14-5-3-2-4-11(14)19(13)28)8-17(27)21-20(18)25(24-10)15-6-7-16(26)23-22-15/h2-7,9,12H,8H2,1H3,(H,21,27)(H,23,26). The molecule has 0 fully saturated rings. The lowest BCUT2D eigenvalue weighted by molar-refractivity contribution is -0.116. The molecular weight excluding hydrogens is 374 g/mol. The fourth-order valence-electron chi connectivity index (χ4n) is 3.77. The van der Waals surface area contributed by atoms with Crippen LogP contribution in [-0.2, 0) is 4.79 Å². The molecule has 3 aromatic heterocycles. The van der Waals surface area contributed by atoms with E-state index in [1.54, 1.807) is 31.2 Å². The molecule has 0 aliphatic carbocycles. The predicted octanol–water partition coefficient (Wildman–Crippen LogP) is 1.84. The van der Waals surface area contributed by atoms with Crippen LogP contribution in [-0.4, -0.2) is 25.9 Å². The Kier molecular flexibility index (Phi) is 3.70. The number of aryl methyl sites for hydroxylation is 1. The van der Waals surface area contributed by atoms with Gasteiger partial charge in [0.2, 0.25) is 5.91 Å². The first kappa shape index (κ1) is 17.1. The number of fused-ring (bicyclic) bond motifs is 2. The zero-order valence-corrected chi connectivity index (χ0v) is 15.3. The fraction of sp³-hybridized carbons (Fsp3) is 0.150. The molecule has 0 radical (unpaired) electrons. The molecule has 0 saturated heterocycles. The molecule has 1 aromatic carbocycles. The third kappa shape index (κ3) is 2.66. The van der Waals surface area contributed by atoms with Crippen LogP contribution in [0.2, 0.25) is 0 Å². The molecule has 4 heterocycles. The van der Waals surface area contributed by atoms with Gasteiger partial charge in [0.15, 0.2) is 11.2 Å². The summed E-state index contributed by atoms with van der Waals surface area (Å²) in [5.41, 5.74) is 1.74. The number of nitrogens with zero attached hydrogens (tertiary/aromatic N) is 3. The first-order chi connectivity index (χ1) is 14.0. The summed E-state index contributed by atoms with van der Waals surface area (Å²) in [6, 6.07) is 9.83. The Morgan fingerprint density at radius 3 is 2.76 bits per heavy atom. The van der Waals surface area contributed by atoms with Crippen molar-refractivity contribution in [2.24, 2.45) is 0 Å². The molecule has 0 bridgehead atoms. The van der Waals surface area contributed by atoms with Crippen LogP contribution < -0.4 is 16.3 Å². The molecule has 1 aliphatic rings. The van der Waals surface area contributed by atoms with Gasteiger partial charge in [0, 0.05) is 29.5 Å². The number of hydrogen-bond donors (Lipinski definition) is 2. The Morgan fingerprint density at radius 1 is 1.14 bits per heavy atom. The molecule has 1 unspecified atom stereocenters. The first-order valence-electron chi connectivity index (χ1n) is 8.99. The molecule has 29 heavy (non-hydrogen) atoms. The molecule has 1 aliphatic heterocycles. The van der Waals surface area contributed by atoms with E-state index < -0.39 is 5.92 Å². The third-order valence-electron chi connectivity index (χ3n) is 5.07. The number of nitrogens with one attached hydrogen (secondary N) is 2. The average molecular weight is 389 g/mol. The summed E-state index contributed by atoms with van der Waals surface area (Å²) >= 11 is 0. The Balaban J connectivity index is 1.72. The topological polar surface area (TPSA) is 123 Å². The molecular formula is C20H15N5O4. The number of rotatable bonds is 2. The smallest absolute Gasteiger partial charge is 0.264 e. The number of benzene rings is 1. The van der Waals surface area contributed by atoms with Crippen LogP contribution in [0.5, 0.6) is 0 Å². The van der Waals surface area contributed by atoms with Gasteiger partial charge in [0.1, 0.15) is 11.4 Å². The molecule has 0 spiro atoms. The van der Waals surface area contributed by atoms with Crippen molar-refractivity contribution in [1.29, 1.82) is 0 Å². The Labute approximate surface area is 163 Å². The quantitative estimate of drug-likeness (QED) is 0.539. The van der Waals surface area contributed by atoms with E-state index in [2.05, 4.69) is 20.6 Å². The van der Waals surface area contributed by atoms with E-state index in [9.17, 15) is 14.4 Å².